The summed E-state index contributed by atoms with van der Waals surface area (Å²) >= 11 is 6.60. The maximum atomic E-state index is 12.4. The topological polar surface area (TPSA) is 105 Å². The summed E-state index contributed by atoms with van der Waals surface area (Å²) in [7, 11) is 1.85. The number of aromatic nitrogens is 4. The molecule has 2 fully saturated rings. The van der Waals surface area contributed by atoms with E-state index in [1.807, 2.05) is 29.9 Å². The standard InChI is InChI=1S/C29H34ClN7O3/c1-29(2)25-19(17-36(29)16-18-13-21(30)27(32-14-18)40-20-7-5-4-6-8-20)9-10-22(33-25)26-31-15-24(35(26)3)37-12-11-23(38)34-28(37)39/h9-10,13-15,20H,4-8,11-12,16-17H2,1-3H3,(H,34,38,39). The van der Waals surface area contributed by atoms with Crippen LogP contribution < -0.4 is 15.0 Å². The van der Waals surface area contributed by atoms with Crippen LogP contribution in [0, 0.1) is 0 Å². The number of urea groups is 1. The molecule has 1 N–H and O–H groups in total. The Morgan fingerprint density at radius 3 is 2.67 bits per heavy atom. The second kappa shape index (κ2) is 10.5. The first-order valence-electron chi connectivity index (χ1n) is 13.9. The van der Waals surface area contributed by atoms with E-state index in [2.05, 4.69) is 40.1 Å². The summed E-state index contributed by atoms with van der Waals surface area (Å²) in [6.45, 7) is 6.08. The molecule has 0 aromatic carbocycles. The zero-order valence-corrected chi connectivity index (χ0v) is 23.9. The molecule has 2 aliphatic heterocycles. The van der Waals surface area contributed by atoms with Gasteiger partial charge in [0.1, 0.15) is 22.6 Å². The first kappa shape index (κ1) is 26.7. The van der Waals surface area contributed by atoms with Gasteiger partial charge in [-0.15, -0.1) is 0 Å². The maximum Gasteiger partial charge on any atom is 0.329 e. The van der Waals surface area contributed by atoms with Crippen LogP contribution in [0.5, 0.6) is 5.88 Å². The van der Waals surface area contributed by atoms with Gasteiger partial charge in [0.05, 0.1) is 17.4 Å². The molecule has 11 heteroatoms. The maximum absolute atomic E-state index is 12.4. The summed E-state index contributed by atoms with van der Waals surface area (Å²) in [5.74, 6) is 1.53. The number of halogens is 1. The highest BCUT2D eigenvalue weighted by Crippen LogP contribution is 2.40. The molecule has 10 nitrogen and oxygen atoms in total. The van der Waals surface area contributed by atoms with Crippen molar-refractivity contribution >= 4 is 29.4 Å². The van der Waals surface area contributed by atoms with E-state index < -0.39 is 6.03 Å². The van der Waals surface area contributed by atoms with Gasteiger partial charge < -0.3 is 9.30 Å². The molecule has 5 heterocycles. The summed E-state index contributed by atoms with van der Waals surface area (Å²) < 4.78 is 7.95. The van der Waals surface area contributed by atoms with E-state index in [9.17, 15) is 9.59 Å². The fourth-order valence-corrected chi connectivity index (χ4v) is 6.18. The molecule has 3 aromatic rings. The Labute approximate surface area is 238 Å². The normalized spacial score (nSPS) is 19.6. The molecule has 3 aliphatic rings. The van der Waals surface area contributed by atoms with Gasteiger partial charge in [0.25, 0.3) is 0 Å². The second-order valence-corrected chi connectivity index (χ2v) is 11.8. The molecule has 0 radical (unpaired) electrons. The van der Waals surface area contributed by atoms with Crippen LogP contribution >= 0.6 is 11.6 Å². The highest BCUT2D eigenvalue weighted by atomic mass is 35.5. The first-order chi connectivity index (χ1) is 19.2. The van der Waals surface area contributed by atoms with Gasteiger partial charge in [-0.3, -0.25) is 19.9 Å². The number of anilines is 1. The van der Waals surface area contributed by atoms with Gasteiger partial charge >= 0.3 is 6.03 Å². The average Bonchev–Trinajstić information content (AvgIpc) is 3.42. The lowest BCUT2D eigenvalue weighted by molar-refractivity contribution is -0.120. The van der Waals surface area contributed by atoms with Crippen LogP contribution in [0.15, 0.2) is 30.6 Å². The van der Waals surface area contributed by atoms with Crippen LogP contribution in [-0.4, -0.2) is 49.0 Å². The number of ether oxygens (including phenoxy) is 1. The summed E-state index contributed by atoms with van der Waals surface area (Å²) in [5.41, 5.74) is 3.57. The number of imidazole rings is 1. The minimum absolute atomic E-state index is 0.202. The van der Waals surface area contributed by atoms with Crippen molar-refractivity contribution in [2.24, 2.45) is 7.05 Å². The number of fused-ring (bicyclic) bond motifs is 1. The van der Waals surface area contributed by atoms with Crippen molar-refractivity contribution < 1.29 is 14.3 Å². The van der Waals surface area contributed by atoms with E-state index in [1.54, 1.807) is 6.20 Å². The van der Waals surface area contributed by atoms with Crippen molar-refractivity contribution in [2.75, 3.05) is 11.4 Å². The van der Waals surface area contributed by atoms with E-state index in [-0.39, 0.29) is 24.0 Å². The SMILES string of the molecule is Cn1c(N2CCC(=O)NC2=O)cnc1-c1ccc2c(n1)C(C)(C)N(Cc1cnc(OC3CCCCC3)c(Cl)c1)C2. The van der Waals surface area contributed by atoms with Gasteiger partial charge in [0.2, 0.25) is 11.8 Å². The summed E-state index contributed by atoms with van der Waals surface area (Å²) in [6, 6.07) is 5.60. The summed E-state index contributed by atoms with van der Waals surface area (Å²) in [6.07, 6.45) is 9.74. The number of amides is 3. The summed E-state index contributed by atoms with van der Waals surface area (Å²) in [4.78, 5) is 42.0. The number of rotatable bonds is 6. The minimum atomic E-state index is -0.437. The van der Waals surface area contributed by atoms with Crippen molar-refractivity contribution in [1.82, 2.24) is 29.7 Å². The molecule has 0 spiro atoms. The molecule has 1 aliphatic carbocycles. The molecular formula is C29H34ClN7O3. The van der Waals surface area contributed by atoms with Crippen LogP contribution in [0.2, 0.25) is 5.02 Å². The molecule has 3 aromatic heterocycles. The number of carbonyl (C=O) groups excluding carboxylic acids is 2. The lowest BCUT2D eigenvalue weighted by Gasteiger charge is -2.31. The summed E-state index contributed by atoms with van der Waals surface area (Å²) in [5, 5.41) is 2.92. The number of nitrogens with one attached hydrogen (secondary N) is 1. The van der Waals surface area contributed by atoms with Crippen molar-refractivity contribution in [3.63, 3.8) is 0 Å². The van der Waals surface area contributed by atoms with Gasteiger partial charge in [-0.05, 0) is 62.8 Å². The molecule has 210 valence electrons. The van der Waals surface area contributed by atoms with Crippen LogP contribution in [-0.2, 0) is 30.5 Å². The Balaban J connectivity index is 1.19. The third-order valence-electron chi connectivity index (χ3n) is 8.30. The highest BCUT2D eigenvalue weighted by Gasteiger charge is 2.39. The largest absolute Gasteiger partial charge is 0.473 e. The van der Waals surface area contributed by atoms with Crippen molar-refractivity contribution in [1.29, 1.82) is 0 Å². The monoisotopic (exact) mass is 563 g/mol. The number of nitrogens with zero attached hydrogens (tertiary/aromatic N) is 6. The number of imide groups is 1. The quantitative estimate of drug-likeness (QED) is 0.453. The van der Waals surface area contributed by atoms with E-state index in [0.717, 1.165) is 41.9 Å². The van der Waals surface area contributed by atoms with Gasteiger partial charge in [-0.2, -0.15) is 0 Å². The molecule has 3 amide bonds. The number of carbonyl (C=O) groups is 2. The molecule has 40 heavy (non-hydrogen) atoms. The molecule has 0 atom stereocenters. The molecule has 0 bridgehead atoms. The Morgan fingerprint density at radius 2 is 1.93 bits per heavy atom. The Hall–Kier alpha value is -3.50. The predicted molar refractivity (Wildman–Crippen MR) is 151 cm³/mol. The fourth-order valence-electron chi connectivity index (χ4n) is 5.95. The lowest BCUT2D eigenvalue weighted by atomic mass is 9.98. The van der Waals surface area contributed by atoms with Gasteiger partial charge in [0.15, 0.2) is 5.82 Å². The van der Waals surface area contributed by atoms with E-state index >= 15 is 0 Å². The molecular weight excluding hydrogens is 530 g/mol. The van der Waals surface area contributed by atoms with Crippen LogP contribution in [0.1, 0.15) is 69.2 Å². The fraction of sp³-hybridized carbons (Fsp3) is 0.483. The van der Waals surface area contributed by atoms with Crippen molar-refractivity contribution in [2.45, 2.75) is 77.1 Å². The van der Waals surface area contributed by atoms with Crippen LogP contribution in [0.3, 0.4) is 0 Å². The van der Waals surface area contributed by atoms with E-state index in [1.165, 1.54) is 24.2 Å². The van der Waals surface area contributed by atoms with E-state index in [0.29, 0.717) is 35.6 Å². The Morgan fingerprint density at radius 1 is 1.12 bits per heavy atom. The number of hydrogen-bond donors (Lipinski definition) is 1. The number of hydrogen-bond acceptors (Lipinski definition) is 7. The predicted octanol–water partition coefficient (Wildman–Crippen LogP) is 4.94. The van der Waals surface area contributed by atoms with Crippen LogP contribution in [0.4, 0.5) is 10.6 Å². The average molecular weight is 564 g/mol. The van der Waals surface area contributed by atoms with Crippen molar-refractivity contribution in [3.05, 3.63) is 52.4 Å². The minimum Gasteiger partial charge on any atom is -0.473 e. The number of pyridine rings is 2. The Kier molecular flexibility index (Phi) is 7.00. The van der Waals surface area contributed by atoms with Gasteiger partial charge in [0, 0.05) is 39.3 Å². The Bertz CT molecular complexity index is 1460. The molecule has 1 saturated heterocycles. The van der Waals surface area contributed by atoms with Gasteiger partial charge in [-0.25, -0.2) is 19.7 Å². The first-order valence-corrected chi connectivity index (χ1v) is 14.3. The smallest absolute Gasteiger partial charge is 0.329 e. The molecule has 0 unspecified atom stereocenters. The third kappa shape index (κ3) is 4.94. The highest BCUT2D eigenvalue weighted by molar-refractivity contribution is 6.31. The van der Waals surface area contributed by atoms with Crippen molar-refractivity contribution in [3.8, 4) is 17.4 Å². The molecule has 1 saturated carbocycles. The lowest BCUT2D eigenvalue weighted by Crippen LogP contribution is -2.50. The third-order valence-corrected chi connectivity index (χ3v) is 8.57. The second-order valence-electron chi connectivity index (χ2n) is 11.4. The van der Waals surface area contributed by atoms with Crippen LogP contribution in [0.25, 0.3) is 11.5 Å². The zero-order valence-electron chi connectivity index (χ0n) is 23.1. The molecule has 6 rings (SSSR count). The van der Waals surface area contributed by atoms with Gasteiger partial charge in [-0.1, -0.05) is 24.1 Å². The zero-order chi connectivity index (χ0) is 28.0. The van der Waals surface area contributed by atoms with E-state index in [4.69, 9.17) is 21.3 Å².